The Hall–Kier alpha value is -1.07. The van der Waals surface area contributed by atoms with Gasteiger partial charge >= 0.3 is 0 Å². The van der Waals surface area contributed by atoms with Crippen LogP contribution >= 0.6 is 11.8 Å². The van der Waals surface area contributed by atoms with Crippen LogP contribution < -0.4 is 5.32 Å². The van der Waals surface area contributed by atoms with Crippen molar-refractivity contribution in [1.82, 2.24) is 5.32 Å². The first-order valence-corrected chi connectivity index (χ1v) is 7.88. The number of nitrogens with zero attached hydrogens (tertiary/aromatic N) is 1. The zero-order chi connectivity index (χ0) is 14.4. The summed E-state index contributed by atoms with van der Waals surface area (Å²) in [5, 5.41) is 14.5. The molecular formula is C14H22N2O2S. The van der Waals surface area contributed by atoms with E-state index in [0.717, 1.165) is 17.7 Å². The average molecular weight is 282 g/mol. The molecule has 0 radical (unpaired) electrons. The molecule has 0 spiro atoms. The van der Waals surface area contributed by atoms with Crippen LogP contribution in [0.2, 0.25) is 0 Å². The maximum absolute atomic E-state index is 11.0. The molecule has 5 heteroatoms. The van der Waals surface area contributed by atoms with Crippen LogP contribution in [0.3, 0.4) is 0 Å². The molecule has 4 nitrogen and oxygen atoms in total. The molecule has 1 aromatic carbocycles. The van der Waals surface area contributed by atoms with E-state index >= 15 is 0 Å². The number of hydrogen-bond acceptors (Lipinski definition) is 4. The fourth-order valence-corrected chi connectivity index (χ4v) is 2.76. The Morgan fingerprint density at radius 2 is 2.16 bits per heavy atom. The molecule has 0 saturated heterocycles. The average Bonchev–Trinajstić information content (AvgIpc) is 2.38. The second-order valence-electron chi connectivity index (χ2n) is 4.75. The Kier molecular flexibility index (Phi) is 6.31. The van der Waals surface area contributed by atoms with Crippen molar-refractivity contribution in [1.29, 1.82) is 0 Å². The lowest BCUT2D eigenvalue weighted by Gasteiger charge is -2.22. The predicted molar refractivity (Wildman–Crippen MR) is 81.8 cm³/mol. The van der Waals surface area contributed by atoms with Gasteiger partial charge in [-0.25, -0.2) is 0 Å². The number of aryl methyl sites for hydroxylation is 1. The van der Waals surface area contributed by atoms with Gasteiger partial charge in [-0.15, -0.1) is 0 Å². The predicted octanol–water partition coefficient (Wildman–Crippen LogP) is 3.70. The first kappa shape index (κ1) is 16.0. The first-order chi connectivity index (χ1) is 8.99. The van der Waals surface area contributed by atoms with Gasteiger partial charge in [0, 0.05) is 29.5 Å². The summed E-state index contributed by atoms with van der Waals surface area (Å²) in [5.74, 6) is 1.05. The summed E-state index contributed by atoms with van der Waals surface area (Å²) in [6, 6.07) is 6.02. The largest absolute Gasteiger partial charge is 0.307 e. The Labute approximate surface area is 119 Å². The van der Waals surface area contributed by atoms with Gasteiger partial charge in [-0.1, -0.05) is 19.1 Å². The third-order valence-electron chi connectivity index (χ3n) is 3.28. The van der Waals surface area contributed by atoms with Crippen LogP contribution in [0.5, 0.6) is 0 Å². The minimum atomic E-state index is -0.315. The van der Waals surface area contributed by atoms with Gasteiger partial charge in [-0.2, -0.15) is 11.8 Å². The molecule has 0 saturated carbocycles. The Morgan fingerprint density at radius 1 is 1.47 bits per heavy atom. The number of rotatable bonds is 7. The van der Waals surface area contributed by atoms with E-state index in [0.29, 0.717) is 11.6 Å². The molecule has 106 valence electrons. The highest BCUT2D eigenvalue weighted by molar-refractivity contribution is 7.98. The molecule has 2 atom stereocenters. The summed E-state index contributed by atoms with van der Waals surface area (Å²) in [5.41, 5.74) is 1.87. The van der Waals surface area contributed by atoms with Crippen molar-refractivity contribution in [2.75, 3.05) is 12.0 Å². The minimum absolute atomic E-state index is 0.122. The minimum Gasteiger partial charge on any atom is -0.307 e. The van der Waals surface area contributed by atoms with Crippen LogP contribution in [0.25, 0.3) is 0 Å². The van der Waals surface area contributed by atoms with Gasteiger partial charge in [0.1, 0.15) is 0 Å². The van der Waals surface area contributed by atoms with E-state index in [1.54, 1.807) is 13.0 Å². The fraction of sp³-hybridized carbons (Fsp3) is 0.571. The van der Waals surface area contributed by atoms with Crippen molar-refractivity contribution in [2.24, 2.45) is 0 Å². The summed E-state index contributed by atoms with van der Waals surface area (Å²) in [4.78, 5) is 10.6. The normalized spacial score (nSPS) is 14.1. The fourth-order valence-electron chi connectivity index (χ4n) is 2.03. The zero-order valence-electron chi connectivity index (χ0n) is 12.0. The third-order valence-corrected chi connectivity index (χ3v) is 4.01. The van der Waals surface area contributed by atoms with Crippen LogP contribution in [-0.2, 0) is 0 Å². The molecule has 2 unspecified atom stereocenters. The van der Waals surface area contributed by atoms with Crippen LogP contribution in [0.4, 0.5) is 5.69 Å². The highest BCUT2D eigenvalue weighted by atomic mass is 32.2. The lowest BCUT2D eigenvalue weighted by molar-refractivity contribution is -0.385. The highest BCUT2D eigenvalue weighted by Gasteiger charge is 2.16. The molecule has 0 amide bonds. The van der Waals surface area contributed by atoms with Crippen LogP contribution in [-0.4, -0.2) is 23.0 Å². The smallest absolute Gasteiger partial charge is 0.272 e. The second kappa shape index (κ2) is 7.50. The van der Waals surface area contributed by atoms with Gasteiger partial charge in [0.2, 0.25) is 0 Å². The van der Waals surface area contributed by atoms with Crippen molar-refractivity contribution in [3.05, 3.63) is 39.4 Å². The Bertz CT molecular complexity index is 437. The van der Waals surface area contributed by atoms with E-state index in [2.05, 4.69) is 25.4 Å². The van der Waals surface area contributed by atoms with Gasteiger partial charge in [0.25, 0.3) is 5.69 Å². The van der Waals surface area contributed by atoms with Gasteiger partial charge in [0.05, 0.1) is 4.92 Å². The quantitative estimate of drug-likeness (QED) is 0.612. The SMILES string of the molecule is CCC(CSC)NC(C)c1ccc(C)c([N+](=O)[O-])c1. The van der Waals surface area contributed by atoms with E-state index in [1.165, 1.54) is 0 Å². The van der Waals surface area contributed by atoms with Crippen molar-refractivity contribution in [3.8, 4) is 0 Å². The number of benzene rings is 1. The van der Waals surface area contributed by atoms with Crippen molar-refractivity contribution in [3.63, 3.8) is 0 Å². The number of nitrogens with one attached hydrogen (secondary N) is 1. The molecule has 1 aromatic rings. The van der Waals surface area contributed by atoms with Crippen LogP contribution in [0.1, 0.15) is 37.4 Å². The Morgan fingerprint density at radius 3 is 2.68 bits per heavy atom. The van der Waals surface area contributed by atoms with E-state index in [1.807, 2.05) is 23.9 Å². The third kappa shape index (κ3) is 4.51. The molecule has 0 aliphatic carbocycles. The van der Waals surface area contributed by atoms with E-state index in [9.17, 15) is 10.1 Å². The van der Waals surface area contributed by atoms with Crippen molar-refractivity contribution in [2.45, 2.75) is 39.3 Å². The number of nitro groups is 1. The molecule has 0 aliphatic heterocycles. The van der Waals surface area contributed by atoms with Crippen molar-refractivity contribution < 1.29 is 4.92 Å². The number of thioether (sulfide) groups is 1. The van der Waals surface area contributed by atoms with Gasteiger partial charge in [0.15, 0.2) is 0 Å². The molecule has 0 aromatic heterocycles. The molecule has 0 heterocycles. The van der Waals surface area contributed by atoms with Gasteiger partial charge in [-0.05, 0) is 32.1 Å². The van der Waals surface area contributed by atoms with E-state index in [4.69, 9.17) is 0 Å². The first-order valence-electron chi connectivity index (χ1n) is 6.49. The highest BCUT2D eigenvalue weighted by Crippen LogP contribution is 2.23. The van der Waals surface area contributed by atoms with E-state index in [-0.39, 0.29) is 16.7 Å². The molecular weight excluding hydrogens is 260 g/mol. The molecule has 0 bridgehead atoms. The lowest BCUT2D eigenvalue weighted by atomic mass is 10.0. The maximum atomic E-state index is 11.0. The van der Waals surface area contributed by atoms with Crippen LogP contribution in [0.15, 0.2) is 18.2 Å². The molecule has 1 rings (SSSR count). The van der Waals surface area contributed by atoms with Crippen LogP contribution in [0, 0.1) is 17.0 Å². The summed E-state index contributed by atoms with van der Waals surface area (Å²) in [6.07, 6.45) is 3.14. The summed E-state index contributed by atoms with van der Waals surface area (Å²) < 4.78 is 0. The van der Waals surface area contributed by atoms with Gasteiger partial charge < -0.3 is 5.32 Å². The van der Waals surface area contributed by atoms with Gasteiger partial charge in [-0.3, -0.25) is 10.1 Å². The lowest BCUT2D eigenvalue weighted by Crippen LogP contribution is -2.33. The summed E-state index contributed by atoms with van der Waals surface area (Å²) in [7, 11) is 0. The van der Waals surface area contributed by atoms with E-state index < -0.39 is 0 Å². The van der Waals surface area contributed by atoms with Crippen molar-refractivity contribution >= 4 is 17.4 Å². The summed E-state index contributed by atoms with van der Waals surface area (Å²) in [6.45, 7) is 5.97. The second-order valence-corrected chi connectivity index (χ2v) is 5.66. The zero-order valence-corrected chi connectivity index (χ0v) is 12.8. The molecule has 0 fully saturated rings. The molecule has 19 heavy (non-hydrogen) atoms. The number of hydrogen-bond donors (Lipinski definition) is 1. The topological polar surface area (TPSA) is 55.2 Å². The molecule has 0 aliphatic rings. The Balaban J connectivity index is 2.84. The summed E-state index contributed by atoms with van der Waals surface area (Å²) >= 11 is 1.81. The standard InChI is InChI=1S/C14H22N2O2S/c1-5-13(9-19-4)15-11(3)12-7-6-10(2)14(8-12)16(17)18/h6-8,11,13,15H,5,9H2,1-4H3. The maximum Gasteiger partial charge on any atom is 0.272 e. The monoisotopic (exact) mass is 282 g/mol. The molecule has 1 N–H and O–H groups in total. The number of nitro benzene ring substituents is 1.